The van der Waals surface area contributed by atoms with Crippen molar-refractivity contribution in [1.29, 1.82) is 0 Å². The fourth-order valence-corrected chi connectivity index (χ4v) is 2.86. The Morgan fingerprint density at radius 3 is 2.94 bits per heavy atom. The van der Waals surface area contributed by atoms with Gasteiger partial charge in [-0.25, -0.2) is 4.98 Å². The molecule has 1 heterocycles. The molecule has 0 atom stereocenters. The van der Waals surface area contributed by atoms with Gasteiger partial charge in [0.2, 0.25) is 0 Å². The van der Waals surface area contributed by atoms with Gasteiger partial charge in [-0.05, 0) is 34.9 Å². The molecule has 0 amide bonds. The van der Waals surface area contributed by atoms with Crippen molar-refractivity contribution in [2.45, 2.75) is 38.5 Å². The van der Waals surface area contributed by atoms with Crippen molar-refractivity contribution < 1.29 is 0 Å². The molecule has 1 fully saturated rings. The van der Waals surface area contributed by atoms with E-state index in [1.807, 2.05) is 22.6 Å². The first-order chi connectivity index (χ1) is 8.27. The molecule has 2 rings (SSSR count). The number of H-pyrrole nitrogens is 1. The first-order valence-electron chi connectivity index (χ1n) is 6.24. The highest BCUT2D eigenvalue weighted by atomic mass is 127. The topological polar surface area (TPSA) is 57.8 Å². The van der Waals surface area contributed by atoms with Crippen LogP contribution >= 0.6 is 22.6 Å². The summed E-state index contributed by atoms with van der Waals surface area (Å²) in [5.41, 5.74) is -0.0687. The Hall–Kier alpha value is -0.590. The lowest BCUT2D eigenvalue weighted by molar-refractivity contribution is 0.345. The van der Waals surface area contributed by atoms with Crippen LogP contribution in [-0.2, 0) is 0 Å². The zero-order valence-corrected chi connectivity index (χ0v) is 12.0. The maximum atomic E-state index is 11.4. The van der Waals surface area contributed by atoms with Crippen LogP contribution in [0, 0.1) is 9.49 Å². The SMILES string of the molecule is O=c1[nH]cnc(NCCC2CCCCC2)c1I. The molecule has 1 aromatic rings. The molecular formula is C12H18IN3O. The van der Waals surface area contributed by atoms with Gasteiger partial charge in [0.05, 0.1) is 6.33 Å². The maximum Gasteiger partial charge on any atom is 0.266 e. The molecule has 4 nitrogen and oxygen atoms in total. The van der Waals surface area contributed by atoms with E-state index in [4.69, 9.17) is 0 Å². The number of aromatic amines is 1. The van der Waals surface area contributed by atoms with E-state index in [1.54, 1.807) is 0 Å². The summed E-state index contributed by atoms with van der Waals surface area (Å²) < 4.78 is 0.647. The molecule has 0 aliphatic heterocycles. The number of anilines is 1. The molecule has 5 heteroatoms. The number of hydrogen-bond acceptors (Lipinski definition) is 3. The molecular weight excluding hydrogens is 329 g/mol. The normalized spacial score (nSPS) is 17.0. The van der Waals surface area contributed by atoms with E-state index in [0.29, 0.717) is 9.39 Å². The van der Waals surface area contributed by atoms with Gasteiger partial charge in [0.25, 0.3) is 5.56 Å². The summed E-state index contributed by atoms with van der Waals surface area (Å²) in [7, 11) is 0. The Balaban J connectivity index is 1.81. The lowest BCUT2D eigenvalue weighted by atomic mass is 9.87. The summed E-state index contributed by atoms with van der Waals surface area (Å²) in [6, 6.07) is 0. The summed E-state index contributed by atoms with van der Waals surface area (Å²) in [6.45, 7) is 0.914. The van der Waals surface area contributed by atoms with Gasteiger partial charge in [-0.3, -0.25) is 4.79 Å². The minimum atomic E-state index is -0.0687. The van der Waals surface area contributed by atoms with E-state index in [0.717, 1.165) is 12.5 Å². The summed E-state index contributed by atoms with van der Waals surface area (Å²) >= 11 is 2.03. The summed E-state index contributed by atoms with van der Waals surface area (Å²) in [4.78, 5) is 18.1. The van der Waals surface area contributed by atoms with Crippen LogP contribution in [0.4, 0.5) is 5.82 Å². The van der Waals surface area contributed by atoms with Crippen molar-refractivity contribution in [1.82, 2.24) is 9.97 Å². The molecule has 1 saturated carbocycles. The fraction of sp³-hybridized carbons (Fsp3) is 0.667. The molecule has 0 aromatic carbocycles. The predicted molar refractivity (Wildman–Crippen MR) is 77.3 cm³/mol. The van der Waals surface area contributed by atoms with Gasteiger partial charge in [0, 0.05) is 6.54 Å². The predicted octanol–water partition coefficient (Wildman–Crippen LogP) is 2.76. The highest BCUT2D eigenvalue weighted by molar-refractivity contribution is 14.1. The highest BCUT2D eigenvalue weighted by Crippen LogP contribution is 2.26. The quantitative estimate of drug-likeness (QED) is 0.824. The molecule has 1 aliphatic rings. The molecule has 2 N–H and O–H groups in total. The van der Waals surface area contributed by atoms with Crippen molar-refractivity contribution in [3.63, 3.8) is 0 Å². The molecule has 1 aromatic heterocycles. The third-order valence-corrected chi connectivity index (χ3v) is 4.37. The zero-order valence-electron chi connectivity index (χ0n) is 9.84. The molecule has 94 valence electrons. The average molecular weight is 347 g/mol. The van der Waals surface area contributed by atoms with Gasteiger partial charge in [-0.2, -0.15) is 0 Å². The summed E-state index contributed by atoms with van der Waals surface area (Å²) in [5.74, 6) is 1.57. The lowest BCUT2D eigenvalue weighted by Gasteiger charge is -2.21. The number of nitrogens with one attached hydrogen (secondary N) is 2. The summed E-state index contributed by atoms with van der Waals surface area (Å²) in [6.07, 6.45) is 9.52. The molecule has 0 saturated heterocycles. The molecule has 1 aliphatic carbocycles. The third-order valence-electron chi connectivity index (χ3n) is 3.37. The number of nitrogens with zero attached hydrogens (tertiary/aromatic N) is 1. The van der Waals surface area contributed by atoms with E-state index >= 15 is 0 Å². The van der Waals surface area contributed by atoms with Crippen LogP contribution in [-0.4, -0.2) is 16.5 Å². The van der Waals surface area contributed by atoms with Crippen LogP contribution in [0.2, 0.25) is 0 Å². The van der Waals surface area contributed by atoms with Crippen molar-refractivity contribution in [2.24, 2.45) is 5.92 Å². The van der Waals surface area contributed by atoms with Gasteiger partial charge >= 0.3 is 0 Å². The Labute approximate surface area is 115 Å². The first-order valence-corrected chi connectivity index (χ1v) is 7.32. The van der Waals surface area contributed by atoms with Crippen LogP contribution in [0.15, 0.2) is 11.1 Å². The first kappa shape index (κ1) is 12.9. The standard InChI is InChI=1S/C12H18IN3O/c13-10-11(15-8-16-12(10)17)14-7-6-9-4-2-1-3-5-9/h8-9H,1-7H2,(H2,14,15,16,17). The van der Waals surface area contributed by atoms with Gasteiger partial charge < -0.3 is 10.3 Å². The molecule has 0 unspecified atom stereocenters. The Bertz CT molecular complexity index is 412. The van der Waals surface area contributed by atoms with Crippen molar-refractivity contribution in [2.75, 3.05) is 11.9 Å². The van der Waals surface area contributed by atoms with Gasteiger partial charge in [0.15, 0.2) is 0 Å². The van der Waals surface area contributed by atoms with Crippen molar-refractivity contribution >= 4 is 28.4 Å². The Morgan fingerprint density at radius 2 is 2.18 bits per heavy atom. The van der Waals surface area contributed by atoms with Gasteiger partial charge in [-0.1, -0.05) is 32.1 Å². The van der Waals surface area contributed by atoms with E-state index in [-0.39, 0.29) is 5.56 Å². The largest absolute Gasteiger partial charge is 0.369 e. The monoisotopic (exact) mass is 347 g/mol. The van der Waals surface area contributed by atoms with Gasteiger partial charge in [-0.15, -0.1) is 0 Å². The van der Waals surface area contributed by atoms with E-state index in [1.165, 1.54) is 44.9 Å². The van der Waals surface area contributed by atoms with Crippen LogP contribution in [0.25, 0.3) is 0 Å². The van der Waals surface area contributed by atoms with Crippen LogP contribution in [0.3, 0.4) is 0 Å². The Morgan fingerprint density at radius 1 is 1.41 bits per heavy atom. The highest BCUT2D eigenvalue weighted by Gasteiger charge is 2.13. The van der Waals surface area contributed by atoms with Gasteiger partial charge in [0.1, 0.15) is 9.39 Å². The minimum Gasteiger partial charge on any atom is -0.369 e. The lowest BCUT2D eigenvalue weighted by Crippen LogP contribution is -2.17. The maximum absolute atomic E-state index is 11.4. The number of hydrogen-bond donors (Lipinski definition) is 2. The zero-order chi connectivity index (χ0) is 12.1. The minimum absolute atomic E-state index is 0.0687. The number of halogens is 1. The molecule has 0 spiro atoms. The Kier molecular flexibility index (Phi) is 4.82. The smallest absolute Gasteiger partial charge is 0.266 e. The van der Waals surface area contributed by atoms with Crippen molar-refractivity contribution in [3.8, 4) is 0 Å². The van der Waals surface area contributed by atoms with E-state index < -0.39 is 0 Å². The summed E-state index contributed by atoms with van der Waals surface area (Å²) in [5, 5.41) is 3.26. The fourth-order valence-electron chi connectivity index (χ4n) is 2.38. The third kappa shape index (κ3) is 3.69. The number of aromatic nitrogens is 2. The van der Waals surface area contributed by atoms with Crippen molar-refractivity contribution in [3.05, 3.63) is 20.3 Å². The van der Waals surface area contributed by atoms with Crippen LogP contribution in [0.5, 0.6) is 0 Å². The second-order valence-corrected chi connectivity index (χ2v) is 5.69. The molecule has 0 radical (unpaired) electrons. The second kappa shape index (κ2) is 6.37. The number of rotatable bonds is 4. The molecule has 0 bridgehead atoms. The van der Waals surface area contributed by atoms with E-state index in [9.17, 15) is 4.79 Å². The van der Waals surface area contributed by atoms with Crippen LogP contribution < -0.4 is 10.9 Å². The average Bonchev–Trinajstić information content (AvgIpc) is 2.36. The molecule has 17 heavy (non-hydrogen) atoms. The second-order valence-electron chi connectivity index (χ2n) is 4.61. The van der Waals surface area contributed by atoms with Crippen LogP contribution in [0.1, 0.15) is 38.5 Å². The van der Waals surface area contributed by atoms with E-state index in [2.05, 4.69) is 15.3 Å².